The third-order valence-corrected chi connectivity index (χ3v) is 9.76. The molecular weight excluding hydrogens is 547 g/mol. The summed E-state index contributed by atoms with van der Waals surface area (Å²) in [5, 5.41) is 8.30. The van der Waals surface area contributed by atoms with Crippen LogP contribution in [0.5, 0.6) is 0 Å². The molecule has 4 aliphatic rings. The molecule has 3 aromatic rings. The normalized spacial score (nSPS) is 26.1. The van der Waals surface area contributed by atoms with Crippen LogP contribution in [0, 0.1) is 5.82 Å². The molecular formula is C32H43FN8O2. The fourth-order valence-electron chi connectivity index (χ4n) is 7.55. The number of carbonyl (C=O) groups is 1. The minimum Gasteiger partial charge on any atom is -0.379 e. The van der Waals surface area contributed by atoms with Gasteiger partial charge in [0.25, 0.3) is 0 Å². The molecule has 0 unspecified atom stereocenters. The molecule has 43 heavy (non-hydrogen) atoms. The van der Waals surface area contributed by atoms with E-state index in [1.165, 1.54) is 6.07 Å². The number of hydrogen-bond acceptors (Lipinski definition) is 8. The maximum absolute atomic E-state index is 14.3. The number of hydrogen-bond donors (Lipinski definition) is 1. The highest BCUT2D eigenvalue weighted by atomic mass is 19.1. The summed E-state index contributed by atoms with van der Waals surface area (Å²) >= 11 is 0. The molecule has 2 aromatic heterocycles. The Morgan fingerprint density at radius 2 is 2.00 bits per heavy atom. The molecule has 1 aromatic carbocycles. The van der Waals surface area contributed by atoms with Crippen LogP contribution in [0.3, 0.4) is 0 Å². The number of piperazine rings is 1. The highest BCUT2D eigenvalue weighted by molar-refractivity contribution is 5.99. The Labute approximate surface area is 252 Å². The van der Waals surface area contributed by atoms with Gasteiger partial charge in [-0.3, -0.25) is 14.6 Å². The highest BCUT2D eigenvalue weighted by Crippen LogP contribution is 2.45. The Hall–Kier alpha value is -3.12. The monoisotopic (exact) mass is 590 g/mol. The lowest BCUT2D eigenvalue weighted by molar-refractivity contribution is -0.121. The van der Waals surface area contributed by atoms with Gasteiger partial charge in [0.2, 0.25) is 5.91 Å². The van der Waals surface area contributed by atoms with Crippen LogP contribution in [-0.4, -0.2) is 107 Å². The number of anilines is 3. The number of nitrogens with one attached hydrogen (secondary N) is 1. The number of aromatic nitrogens is 3. The van der Waals surface area contributed by atoms with Crippen molar-refractivity contribution in [3.63, 3.8) is 0 Å². The quantitative estimate of drug-likeness (QED) is 0.486. The van der Waals surface area contributed by atoms with Gasteiger partial charge in [0.05, 0.1) is 36.8 Å². The highest BCUT2D eigenvalue weighted by Gasteiger charge is 2.43. The van der Waals surface area contributed by atoms with Crippen LogP contribution >= 0.6 is 0 Å². The van der Waals surface area contributed by atoms with Crippen LogP contribution in [0.1, 0.15) is 45.4 Å². The van der Waals surface area contributed by atoms with Crippen LogP contribution in [0.4, 0.5) is 21.5 Å². The Balaban J connectivity index is 1.21. The zero-order valence-corrected chi connectivity index (χ0v) is 25.7. The summed E-state index contributed by atoms with van der Waals surface area (Å²) in [5.74, 6) is -0.114. The first-order valence-corrected chi connectivity index (χ1v) is 15.7. The van der Waals surface area contributed by atoms with E-state index in [0.29, 0.717) is 25.2 Å². The standard InChI is InChI=1S/C32H43FN8O2/c1-21-15-38(25(14-34-21)16-37-10-11-43-18-22(37)2)17-29(42)40-19-32(3,4)30-27(40)13-28(31-35-20-36-41(30)31)39-9-5-6-23-12-24(33)7-8-26(23)39/h7-8,12-13,20-22,25,34H,5-6,9-11,14-19H2,1-4H3/t21-,22-,25-/m1/s1. The van der Waals surface area contributed by atoms with E-state index in [1.54, 1.807) is 12.4 Å². The molecule has 6 heterocycles. The van der Waals surface area contributed by atoms with Crippen LogP contribution < -0.4 is 15.1 Å². The first-order chi connectivity index (χ1) is 20.7. The van der Waals surface area contributed by atoms with Crippen molar-refractivity contribution in [2.45, 2.75) is 64.1 Å². The van der Waals surface area contributed by atoms with Gasteiger partial charge in [0, 0.05) is 68.5 Å². The summed E-state index contributed by atoms with van der Waals surface area (Å²) in [6, 6.07) is 8.07. The largest absolute Gasteiger partial charge is 0.379 e. The predicted molar refractivity (Wildman–Crippen MR) is 165 cm³/mol. The first-order valence-electron chi connectivity index (χ1n) is 15.7. The number of amides is 1. The molecule has 7 rings (SSSR count). The molecule has 4 aliphatic heterocycles. The minimum absolute atomic E-state index is 0.104. The van der Waals surface area contributed by atoms with Crippen LogP contribution in [0.2, 0.25) is 0 Å². The third-order valence-electron chi connectivity index (χ3n) is 9.76. The second kappa shape index (κ2) is 11.1. The summed E-state index contributed by atoms with van der Waals surface area (Å²) in [5.41, 5.74) is 5.22. The van der Waals surface area contributed by atoms with Gasteiger partial charge in [0.1, 0.15) is 12.1 Å². The molecule has 0 aliphatic carbocycles. The van der Waals surface area contributed by atoms with Crippen molar-refractivity contribution in [1.29, 1.82) is 0 Å². The van der Waals surface area contributed by atoms with Gasteiger partial charge in [-0.15, -0.1) is 0 Å². The summed E-state index contributed by atoms with van der Waals surface area (Å²) in [6.07, 6.45) is 3.34. The van der Waals surface area contributed by atoms with E-state index in [1.807, 2.05) is 15.5 Å². The first kappa shape index (κ1) is 28.6. The maximum Gasteiger partial charge on any atom is 0.241 e. The summed E-state index contributed by atoms with van der Waals surface area (Å²) in [6.45, 7) is 15.5. The van der Waals surface area contributed by atoms with Crippen molar-refractivity contribution in [3.05, 3.63) is 47.7 Å². The molecule has 0 spiro atoms. The van der Waals surface area contributed by atoms with Crippen molar-refractivity contribution in [1.82, 2.24) is 29.7 Å². The number of carbonyl (C=O) groups excluding carboxylic acids is 1. The van der Waals surface area contributed by atoms with Crippen LogP contribution in [0.15, 0.2) is 30.6 Å². The number of ether oxygens (including phenoxy) is 1. The number of benzene rings is 1. The number of aryl methyl sites for hydroxylation is 1. The van der Waals surface area contributed by atoms with Crippen LogP contribution in [0.25, 0.3) is 5.65 Å². The second-order valence-corrected chi connectivity index (χ2v) is 13.5. The van der Waals surface area contributed by atoms with E-state index in [-0.39, 0.29) is 23.2 Å². The van der Waals surface area contributed by atoms with E-state index < -0.39 is 0 Å². The minimum atomic E-state index is -0.308. The summed E-state index contributed by atoms with van der Waals surface area (Å²) in [7, 11) is 0. The molecule has 0 radical (unpaired) electrons. The fourth-order valence-corrected chi connectivity index (χ4v) is 7.55. The van der Waals surface area contributed by atoms with E-state index in [2.05, 4.69) is 63.9 Å². The molecule has 10 nitrogen and oxygen atoms in total. The van der Waals surface area contributed by atoms with E-state index in [4.69, 9.17) is 4.74 Å². The molecule has 1 amide bonds. The average Bonchev–Trinajstić information content (AvgIpc) is 3.56. The molecule has 1 N–H and O–H groups in total. The second-order valence-electron chi connectivity index (χ2n) is 13.5. The van der Waals surface area contributed by atoms with Gasteiger partial charge in [-0.1, -0.05) is 13.8 Å². The Kier molecular flexibility index (Phi) is 7.40. The average molecular weight is 591 g/mol. The Bertz CT molecular complexity index is 1520. The van der Waals surface area contributed by atoms with Gasteiger partial charge >= 0.3 is 0 Å². The molecule has 11 heteroatoms. The van der Waals surface area contributed by atoms with E-state index >= 15 is 0 Å². The van der Waals surface area contributed by atoms with Gasteiger partial charge < -0.3 is 19.9 Å². The molecule has 230 valence electrons. The van der Waals surface area contributed by atoms with Crippen molar-refractivity contribution in [2.75, 3.05) is 68.8 Å². The molecule has 2 saturated heterocycles. The maximum atomic E-state index is 14.3. The molecule has 0 saturated carbocycles. The molecule has 0 bridgehead atoms. The van der Waals surface area contributed by atoms with Crippen molar-refractivity contribution in [3.8, 4) is 0 Å². The lowest BCUT2D eigenvalue weighted by Gasteiger charge is -2.43. The van der Waals surface area contributed by atoms with Gasteiger partial charge in [-0.2, -0.15) is 5.10 Å². The number of nitrogens with zero attached hydrogens (tertiary/aromatic N) is 7. The number of halogens is 1. The van der Waals surface area contributed by atoms with Gasteiger partial charge in [-0.25, -0.2) is 13.9 Å². The zero-order valence-electron chi connectivity index (χ0n) is 25.7. The number of rotatable bonds is 5. The van der Waals surface area contributed by atoms with E-state index in [0.717, 1.165) is 92.7 Å². The predicted octanol–water partition coefficient (Wildman–Crippen LogP) is 2.96. The number of fused-ring (bicyclic) bond motifs is 4. The van der Waals surface area contributed by atoms with Crippen molar-refractivity contribution < 1.29 is 13.9 Å². The number of pyridine rings is 1. The van der Waals surface area contributed by atoms with Gasteiger partial charge in [-0.05, 0) is 56.5 Å². The Morgan fingerprint density at radius 1 is 1.14 bits per heavy atom. The number of morpholine rings is 1. The molecule has 2 fully saturated rings. The van der Waals surface area contributed by atoms with E-state index in [9.17, 15) is 9.18 Å². The molecule has 3 atom stereocenters. The van der Waals surface area contributed by atoms with Gasteiger partial charge in [0.15, 0.2) is 5.65 Å². The smallest absolute Gasteiger partial charge is 0.241 e. The third kappa shape index (κ3) is 5.20. The lowest BCUT2D eigenvalue weighted by Crippen LogP contribution is -2.62. The van der Waals surface area contributed by atoms with Crippen LogP contribution in [-0.2, 0) is 21.4 Å². The fraction of sp³-hybridized carbons (Fsp3) is 0.594. The van der Waals surface area contributed by atoms with Crippen molar-refractivity contribution >= 4 is 28.6 Å². The SMILES string of the molecule is C[C@@H]1CN(CC(=O)N2CC(C)(C)c3c2cc(N2CCCc4cc(F)ccc42)c2ncnn32)[C@@H](CN2CCOC[C@H]2C)CN1. The summed E-state index contributed by atoms with van der Waals surface area (Å²) in [4.78, 5) is 28.0. The topological polar surface area (TPSA) is 81.5 Å². The lowest BCUT2D eigenvalue weighted by atomic mass is 9.91. The summed E-state index contributed by atoms with van der Waals surface area (Å²) < 4.78 is 21.7. The Morgan fingerprint density at radius 3 is 2.84 bits per heavy atom. The van der Waals surface area contributed by atoms with Crippen molar-refractivity contribution in [2.24, 2.45) is 0 Å². The zero-order chi connectivity index (χ0) is 29.9.